The van der Waals surface area contributed by atoms with E-state index in [2.05, 4.69) is 0 Å². The highest BCUT2D eigenvalue weighted by molar-refractivity contribution is 5.89. The van der Waals surface area contributed by atoms with Gasteiger partial charge in [-0.15, -0.1) is 0 Å². The van der Waals surface area contributed by atoms with Crippen LogP contribution < -0.4 is 5.56 Å². The van der Waals surface area contributed by atoms with Crippen molar-refractivity contribution in [1.82, 2.24) is 9.55 Å². The first-order valence-corrected chi connectivity index (χ1v) is 12.7. The van der Waals surface area contributed by atoms with Crippen LogP contribution in [0, 0.1) is 0 Å². The van der Waals surface area contributed by atoms with Crippen molar-refractivity contribution in [3.05, 3.63) is 63.4 Å². The molecule has 0 N–H and O–H groups in total. The van der Waals surface area contributed by atoms with Crippen LogP contribution in [0.5, 0.6) is 0 Å². The van der Waals surface area contributed by atoms with Gasteiger partial charge < -0.3 is 23.5 Å². The zero-order valence-corrected chi connectivity index (χ0v) is 21.5. The highest BCUT2D eigenvalue weighted by Crippen LogP contribution is 2.41. The smallest absolute Gasteiger partial charge is 0.466 e. The molecule has 202 valence electrons. The molecule has 0 fully saturated rings. The topological polar surface area (TPSA) is 140 Å². The van der Waals surface area contributed by atoms with Crippen molar-refractivity contribution in [3.63, 3.8) is 0 Å². The number of pyridine rings is 2. The number of rotatable bonds is 7. The SMILES string of the molecule is CCOC(=O)CCCC(=O)OC(=O)OC1(CC)C(=O)OCc2c1cc1n(c2=O)Cc2cc3ccccc3nc2-1. The molecule has 0 amide bonds. The van der Waals surface area contributed by atoms with E-state index in [1.165, 1.54) is 0 Å². The molecule has 39 heavy (non-hydrogen) atoms. The Labute approximate surface area is 222 Å². The van der Waals surface area contributed by atoms with E-state index in [1.54, 1.807) is 24.5 Å². The molecule has 0 spiro atoms. The van der Waals surface area contributed by atoms with Gasteiger partial charge >= 0.3 is 24.1 Å². The number of para-hydroxylation sites is 1. The van der Waals surface area contributed by atoms with Crippen LogP contribution in [-0.4, -0.2) is 40.2 Å². The lowest BCUT2D eigenvalue weighted by atomic mass is 9.85. The molecule has 1 atom stereocenters. The van der Waals surface area contributed by atoms with E-state index in [1.807, 2.05) is 30.3 Å². The predicted octanol–water partition coefficient (Wildman–Crippen LogP) is 3.50. The fourth-order valence-corrected chi connectivity index (χ4v) is 5.00. The summed E-state index contributed by atoms with van der Waals surface area (Å²) in [7, 11) is 0. The lowest BCUT2D eigenvalue weighted by molar-refractivity contribution is -0.177. The minimum Gasteiger partial charge on any atom is -0.466 e. The number of carbonyl (C=O) groups is 4. The molecule has 2 aliphatic heterocycles. The van der Waals surface area contributed by atoms with Gasteiger partial charge in [-0.3, -0.25) is 14.4 Å². The van der Waals surface area contributed by atoms with Crippen molar-refractivity contribution in [2.45, 2.75) is 58.3 Å². The van der Waals surface area contributed by atoms with E-state index < -0.39 is 29.7 Å². The highest BCUT2D eigenvalue weighted by atomic mass is 16.8. The van der Waals surface area contributed by atoms with Crippen LogP contribution in [-0.2, 0) is 52.1 Å². The first-order valence-electron chi connectivity index (χ1n) is 12.7. The molecule has 0 saturated heterocycles. The van der Waals surface area contributed by atoms with E-state index in [-0.39, 0.29) is 55.6 Å². The van der Waals surface area contributed by atoms with Crippen LogP contribution in [0.4, 0.5) is 4.79 Å². The molecule has 2 aliphatic rings. The van der Waals surface area contributed by atoms with E-state index in [0.29, 0.717) is 17.9 Å². The largest absolute Gasteiger partial charge is 0.517 e. The lowest BCUT2D eigenvalue weighted by Crippen LogP contribution is -2.47. The average Bonchev–Trinajstić information content (AvgIpc) is 3.27. The van der Waals surface area contributed by atoms with Gasteiger partial charge in [-0.1, -0.05) is 25.1 Å². The van der Waals surface area contributed by atoms with Crippen molar-refractivity contribution in [2.24, 2.45) is 0 Å². The van der Waals surface area contributed by atoms with Gasteiger partial charge in [0.2, 0.25) is 5.60 Å². The fourth-order valence-electron chi connectivity index (χ4n) is 5.00. The Kier molecular flexibility index (Phi) is 6.90. The molecule has 2 aromatic heterocycles. The first-order chi connectivity index (χ1) is 18.8. The molecule has 3 aromatic rings. The van der Waals surface area contributed by atoms with E-state index in [0.717, 1.165) is 16.5 Å². The van der Waals surface area contributed by atoms with Gasteiger partial charge in [-0.25, -0.2) is 14.6 Å². The molecule has 5 rings (SSSR count). The quantitative estimate of drug-likeness (QED) is 0.197. The van der Waals surface area contributed by atoms with E-state index in [4.69, 9.17) is 23.9 Å². The number of esters is 3. The Hall–Kier alpha value is -4.54. The number of benzene rings is 1. The molecule has 11 heteroatoms. The average molecular weight is 535 g/mol. The zero-order chi connectivity index (χ0) is 27.7. The molecule has 4 heterocycles. The Balaban J connectivity index is 1.44. The van der Waals surface area contributed by atoms with Crippen LogP contribution in [0.25, 0.3) is 22.3 Å². The second-order valence-electron chi connectivity index (χ2n) is 9.24. The molecule has 0 radical (unpaired) electrons. The number of carbonyl (C=O) groups excluding carboxylic acids is 4. The van der Waals surface area contributed by atoms with Gasteiger partial charge in [0, 0.05) is 29.4 Å². The molecule has 0 bridgehead atoms. The van der Waals surface area contributed by atoms with Crippen LogP contribution in [0.2, 0.25) is 0 Å². The van der Waals surface area contributed by atoms with Crippen LogP contribution in [0.1, 0.15) is 56.2 Å². The summed E-state index contributed by atoms with van der Waals surface area (Å²) < 4.78 is 21.8. The highest BCUT2D eigenvalue weighted by Gasteiger charge is 2.51. The summed E-state index contributed by atoms with van der Waals surface area (Å²) in [4.78, 5) is 67.6. The van der Waals surface area contributed by atoms with Crippen LogP contribution >= 0.6 is 0 Å². The third-order valence-corrected chi connectivity index (χ3v) is 6.91. The van der Waals surface area contributed by atoms with E-state index >= 15 is 0 Å². The maximum Gasteiger partial charge on any atom is 0.517 e. The van der Waals surface area contributed by atoms with Crippen molar-refractivity contribution in [3.8, 4) is 11.4 Å². The number of fused-ring (bicyclic) bond motifs is 5. The van der Waals surface area contributed by atoms with Crippen molar-refractivity contribution in [2.75, 3.05) is 6.61 Å². The summed E-state index contributed by atoms with van der Waals surface area (Å²) in [6.45, 7) is 3.49. The van der Waals surface area contributed by atoms with Gasteiger partial charge in [0.1, 0.15) is 6.61 Å². The minimum absolute atomic E-state index is 0.0174. The first kappa shape index (κ1) is 26.1. The molecular formula is C28H26N2O9. The van der Waals surface area contributed by atoms with Gasteiger partial charge in [-0.2, -0.15) is 0 Å². The summed E-state index contributed by atoms with van der Waals surface area (Å²) >= 11 is 0. The van der Waals surface area contributed by atoms with Crippen molar-refractivity contribution < 1.29 is 38.1 Å². The molecule has 0 aliphatic carbocycles. The predicted molar refractivity (Wildman–Crippen MR) is 135 cm³/mol. The van der Waals surface area contributed by atoms with Crippen molar-refractivity contribution >= 4 is 35.0 Å². The van der Waals surface area contributed by atoms with Crippen molar-refractivity contribution in [1.29, 1.82) is 0 Å². The third kappa shape index (κ3) is 4.64. The maximum atomic E-state index is 13.5. The Bertz CT molecular complexity index is 1580. The summed E-state index contributed by atoms with van der Waals surface area (Å²) in [5.41, 5.74) is 0.633. The minimum atomic E-state index is -2.00. The second-order valence-corrected chi connectivity index (χ2v) is 9.24. The Morgan fingerprint density at radius 1 is 1.08 bits per heavy atom. The summed E-state index contributed by atoms with van der Waals surface area (Å²) in [5.74, 6) is -2.28. The molecular weight excluding hydrogens is 508 g/mol. The van der Waals surface area contributed by atoms with Gasteiger partial charge in [0.15, 0.2) is 0 Å². The number of ether oxygens (including phenoxy) is 4. The number of hydrogen-bond donors (Lipinski definition) is 0. The van der Waals surface area contributed by atoms with E-state index in [9.17, 15) is 24.0 Å². The molecule has 11 nitrogen and oxygen atoms in total. The molecule has 0 saturated carbocycles. The monoisotopic (exact) mass is 534 g/mol. The number of cyclic esters (lactones) is 1. The summed E-state index contributed by atoms with van der Waals surface area (Å²) in [6, 6.07) is 11.2. The maximum absolute atomic E-state index is 13.5. The number of aromatic nitrogens is 2. The van der Waals surface area contributed by atoms with Crippen LogP contribution in [0.3, 0.4) is 0 Å². The lowest BCUT2D eigenvalue weighted by Gasteiger charge is -2.35. The van der Waals surface area contributed by atoms with Gasteiger partial charge in [0.25, 0.3) is 5.56 Å². The van der Waals surface area contributed by atoms with Gasteiger partial charge in [0.05, 0.1) is 35.6 Å². The molecule has 1 unspecified atom stereocenters. The summed E-state index contributed by atoms with van der Waals surface area (Å²) in [5, 5.41) is 0.932. The normalized spacial score (nSPS) is 17.0. The molecule has 1 aromatic carbocycles. The van der Waals surface area contributed by atoms with Gasteiger partial charge in [-0.05, 0) is 38.0 Å². The Morgan fingerprint density at radius 2 is 1.85 bits per heavy atom. The zero-order valence-electron chi connectivity index (χ0n) is 21.5. The standard InChI is InChI=1S/C28H26N2O9/c1-3-28(39-27(35)38-23(32)11-7-10-22(31)36-4-2)19-13-21-24-17(12-16-8-5-6-9-20(16)29-24)14-30(21)25(33)18(19)15-37-26(28)34/h5-6,8-9,12-13H,3-4,7,10-11,14-15H2,1-2H3. The number of nitrogens with zero attached hydrogens (tertiary/aromatic N) is 2. The fraction of sp³-hybridized carbons (Fsp3) is 0.357. The summed E-state index contributed by atoms with van der Waals surface area (Å²) in [6.07, 6.45) is -1.63. The Morgan fingerprint density at radius 3 is 2.62 bits per heavy atom. The third-order valence-electron chi connectivity index (χ3n) is 6.91. The second kappa shape index (κ2) is 10.3. The van der Waals surface area contributed by atoms with Crippen LogP contribution in [0.15, 0.2) is 41.2 Å². The number of hydrogen-bond acceptors (Lipinski definition) is 10.